The van der Waals surface area contributed by atoms with E-state index in [9.17, 15) is 0 Å². The predicted molar refractivity (Wildman–Crippen MR) is 98.2 cm³/mol. The van der Waals surface area contributed by atoms with Crippen molar-refractivity contribution in [3.05, 3.63) is 0 Å². The van der Waals surface area contributed by atoms with Crippen LogP contribution >= 0.6 is 0 Å². The molecule has 0 N–H and O–H groups in total. The van der Waals surface area contributed by atoms with Crippen molar-refractivity contribution in [2.24, 2.45) is 43.5 Å². The lowest BCUT2D eigenvalue weighted by atomic mass is 9.70. The maximum atomic E-state index is 5.03. The van der Waals surface area contributed by atoms with Crippen LogP contribution in [0.2, 0.25) is 0 Å². The first kappa shape index (κ1) is 15.8. The zero-order chi connectivity index (χ0) is 16.7. The molecule has 0 amide bonds. The minimum atomic E-state index is 0.329. The molecule has 0 aromatic rings. The van der Waals surface area contributed by atoms with Crippen LogP contribution in [0.15, 0.2) is 9.98 Å². The van der Waals surface area contributed by atoms with Crippen molar-refractivity contribution in [1.29, 1.82) is 0 Å². The maximum Gasteiger partial charge on any atom is 0.129 e. The Labute approximate surface area is 142 Å². The summed E-state index contributed by atoms with van der Waals surface area (Å²) in [7, 11) is 0. The average Bonchev–Trinajstić information content (AvgIpc) is 2.98. The first-order chi connectivity index (χ1) is 10.6. The lowest BCUT2D eigenvalue weighted by Gasteiger charge is -2.35. The van der Waals surface area contributed by atoms with E-state index in [2.05, 4.69) is 41.5 Å². The number of hydrogen-bond acceptors (Lipinski definition) is 2. The van der Waals surface area contributed by atoms with Gasteiger partial charge in [0.2, 0.25) is 0 Å². The van der Waals surface area contributed by atoms with E-state index >= 15 is 0 Å². The Morgan fingerprint density at radius 1 is 0.739 bits per heavy atom. The van der Waals surface area contributed by atoms with E-state index in [0.29, 0.717) is 28.3 Å². The van der Waals surface area contributed by atoms with Crippen LogP contribution in [0.4, 0.5) is 0 Å². The molecule has 0 saturated heterocycles. The van der Waals surface area contributed by atoms with Gasteiger partial charge in [-0.3, -0.25) is 9.98 Å². The van der Waals surface area contributed by atoms with Crippen molar-refractivity contribution in [3.8, 4) is 0 Å². The summed E-state index contributed by atoms with van der Waals surface area (Å²) in [6.07, 6.45) is 7.88. The molecule has 0 radical (unpaired) electrons. The SMILES string of the molecule is CC12CCC(C/C1=N/C/N=C1\CC3CCC1(C)C3(C)C)C2(C)C. The predicted octanol–water partition coefficient (Wildman–Crippen LogP) is 5.52. The Balaban J connectivity index is 1.54. The monoisotopic (exact) mass is 314 g/mol. The smallest absolute Gasteiger partial charge is 0.129 e. The number of hydrogen-bond donors (Lipinski definition) is 0. The summed E-state index contributed by atoms with van der Waals surface area (Å²) in [6.45, 7) is 15.4. The lowest BCUT2D eigenvalue weighted by molar-refractivity contribution is 0.193. The molecule has 4 atom stereocenters. The second kappa shape index (κ2) is 4.49. The first-order valence-electron chi connectivity index (χ1n) is 9.70. The van der Waals surface area contributed by atoms with Crippen LogP contribution in [0.25, 0.3) is 0 Å². The molecule has 4 fully saturated rings. The summed E-state index contributed by atoms with van der Waals surface area (Å²) in [5.74, 6) is 1.69. The highest BCUT2D eigenvalue weighted by atomic mass is 15.0. The van der Waals surface area contributed by atoms with Gasteiger partial charge in [0.25, 0.3) is 0 Å². The van der Waals surface area contributed by atoms with Gasteiger partial charge in [0.15, 0.2) is 0 Å². The minimum absolute atomic E-state index is 0.329. The molecule has 4 aliphatic rings. The highest BCUT2D eigenvalue weighted by Gasteiger charge is 2.60. The van der Waals surface area contributed by atoms with Gasteiger partial charge in [-0.05, 0) is 61.2 Å². The Morgan fingerprint density at radius 3 is 1.39 bits per heavy atom. The molecule has 0 spiro atoms. The van der Waals surface area contributed by atoms with Crippen molar-refractivity contribution in [3.63, 3.8) is 0 Å². The fourth-order valence-electron chi connectivity index (χ4n) is 6.54. The summed E-state index contributed by atoms with van der Waals surface area (Å²) in [5.41, 5.74) is 4.45. The quantitative estimate of drug-likeness (QED) is 0.641. The number of aliphatic imine (C=N–C) groups is 2. The zero-order valence-corrected chi connectivity index (χ0v) is 16.0. The fraction of sp³-hybridized carbons (Fsp3) is 0.905. The van der Waals surface area contributed by atoms with Crippen molar-refractivity contribution >= 4 is 11.4 Å². The number of fused-ring (bicyclic) bond motifs is 4. The molecule has 128 valence electrons. The number of rotatable bonds is 2. The van der Waals surface area contributed by atoms with Gasteiger partial charge in [-0.2, -0.15) is 0 Å². The van der Waals surface area contributed by atoms with E-state index in [1.165, 1.54) is 49.9 Å². The minimum Gasteiger partial charge on any atom is -0.270 e. The molecule has 4 unspecified atom stereocenters. The van der Waals surface area contributed by atoms with Crippen LogP contribution in [0.3, 0.4) is 0 Å². The highest BCUT2D eigenvalue weighted by molar-refractivity contribution is 5.95. The van der Waals surface area contributed by atoms with Crippen molar-refractivity contribution < 1.29 is 0 Å². The highest BCUT2D eigenvalue weighted by Crippen LogP contribution is 2.65. The Hall–Kier alpha value is -0.660. The third-order valence-electron chi connectivity index (χ3n) is 9.55. The standard InChI is InChI=1S/C21H34N2/c1-18(2)14-7-9-20(18,5)16(11-14)22-13-23-17-12-15-8-10-21(17,6)19(15,3)4/h14-15H,7-13H2,1-6H3/b22-16-,23-17+. The molecule has 0 heterocycles. The lowest BCUT2D eigenvalue weighted by Crippen LogP contribution is -2.33. The van der Waals surface area contributed by atoms with Crippen LogP contribution in [-0.2, 0) is 0 Å². The summed E-state index contributed by atoms with van der Waals surface area (Å²) in [4.78, 5) is 10.1. The van der Waals surface area contributed by atoms with Gasteiger partial charge in [0, 0.05) is 22.3 Å². The summed E-state index contributed by atoms with van der Waals surface area (Å²) in [5, 5.41) is 0. The van der Waals surface area contributed by atoms with Gasteiger partial charge in [-0.1, -0.05) is 41.5 Å². The molecule has 0 aliphatic heterocycles. The Bertz CT molecular complexity index is 545. The van der Waals surface area contributed by atoms with Crippen LogP contribution in [0.1, 0.15) is 80.1 Å². The zero-order valence-electron chi connectivity index (χ0n) is 16.0. The molecule has 0 aromatic carbocycles. The molecule has 0 aromatic heterocycles. The van der Waals surface area contributed by atoms with E-state index in [1.54, 1.807) is 0 Å². The van der Waals surface area contributed by atoms with Gasteiger partial charge in [0.1, 0.15) is 6.67 Å². The van der Waals surface area contributed by atoms with Gasteiger partial charge in [-0.15, -0.1) is 0 Å². The molecule has 4 bridgehead atoms. The van der Waals surface area contributed by atoms with Gasteiger partial charge in [-0.25, -0.2) is 0 Å². The molecule has 4 aliphatic carbocycles. The topological polar surface area (TPSA) is 24.7 Å². The van der Waals surface area contributed by atoms with Gasteiger partial charge < -0.3 is 0 Å². The van der Waals surface area contributed by atoms with Crippen LogP contribution in [0, 0.1) is 33.5 Å². The van der Waals surface area contributed by atoms with Crippen LogP contribution in [0.5, 0.6) is 0 Å². The third-order valence-corrected chi connectivity index (χ3v) is 9.55. The average molecular weight is 315 g/mol. The van der Waals surface area contributed by atoms with E-state index in [4.69, 9.17) is 9.98 Å². The normalized spacial score (nSPS) is 49.7. The fourth-order valence-corrected chi connectivity index (χ4v) is 6.54. The Morgan fingerprint density at radius 2 is 1.13 bits per heavy atom. The maximum absolute atomic E-state index is 5.03. The Kier molecular flexibility index (Phi) is 3.09. The second-order valence-electron chi connectivity index (χ2n) is 10.3. The van der Waals surface area contributed by atoms with Crippen molar-refractivity contribution in [2.75, 3.05) is 6.67 Å². The molecule has 4 saturated carbocycles. The van der Waals surface area contributed by atoms with Crippen molar-refractivity contribution in [2.45, 2.75) is 80.1 Å². The molecule has 4 rings (SSSR count). The molecular formula is C21H34N2. The van der Waals surface area contributed by atoms with E-state index < -0.39 is 0 Å². The van der Waals surface area contributed by atoms with Gasteiger partial charge >= 0.3 is 0 Å². The molecule has 23 heavy (non-hydrogen) atoms. The molecule has 2 heteroatoms. The summed E-state index contributed by atoms with van der Waals surface area (Å²) >= 11 is 0. The van der Waals surface area contributed by atoms with Crippen LogP contribution in [-0.4, -0.2) is 18.1 Å². The first-order valence-corrected chi connectivity index (χ1v) is 9.70. The van der Waals surface area contributed by atoms with E-state index in [-0.39, 0.29) is 0 Å². The summed E-state index contributed by atoms with van der Waals surface area (Å²) < 4.78 is 0. The third kappa shape index (κ3) is 1.76. The number of nitrogens with zero attached hydrogens (tertiary/aromatic N) is 2. The second-order valence-corrected chi connectivity index (χ2v) is 10.3. The molecule has 2 nitrogen and oxygen atoms in total. The summed E-state index contributed by atoms with van der Waals surface area (Å²) in [6, 6.07) is 0. The van der Waals surface area contributed by atoms with E-state index in [1.807, 2.05) is 0 Å². The van der Waals surface area contributed by atoms with E-state index in [0.717, 1.165) is 11.8 Å². The van der Waals surface area contributed by atoms with Crippen molar-refractivity contribution in [1.82, 2.24) is 0 Å². The van der Waals surface area contributed by atoms with Crippen LogP contribution < -0.4 is 0 Å². The largest absolute Gasteiger partial charge is 0.270 e. The molecular weight excluding hydrogens is 280 g/mol. The van der Waals surface area contributed by atoms with Gasteiger partial charge in [0.05, 0.1) is 0 Å².